The zero-order valence-electron chi connectivity index (χ0n) is 9.33. The van der Waals surface area contributed by atoms with Crippen molar-refractivity contribution in [2.75, 3.05) is 17.7 Å². The second-order valence-corrected chi connectivity index (χ2v) is 4.49. The second-order valence-electron chi connectivity index (χ2n) is 3.48. The van der Waals surface area contributed by atoms with Gasteiger partial charge in [0.1, 0.15) is 5.82 Å². The van der Waals surface area contributed by atoms with E-state index in [2.05, 4.69) is 5.32 Å². The molecule has 2 rings (SSSR count). The lowest BCUT2D eigenvalue weighted by molar-refractivity contribution is -0.137. The number of rotatable bonds is 2. The molecule has 1 aliphatic rings. The van der Waals surface area contributed by atoms with Crippen molar-refractivity contribution in [1.29, 1.82) is 0 Å². The number of carbonyl (C=O) groups is 1. The Morgan fingerprint density at radius 2 is 2.47 bits per heavy atom. The molecule has 0 amide bonds. The Hall–Kier alpha value is -1.49. The molecule has 0 unspecified atom stereocenters. The van der Waals surface area contributed by atoms with E-state index in [4.69, 9.17) is 4.74 Å². The largest absolute Gasteiger partial charge is 0.463 e. The highest BCUT2D eigenvalue weighted by Crippen LogP contribution is 2.34. The molecular weight excluding hydrogens is 241 g/mol. The van der Waals surface area contributed by atoms with Gasteiger partial charge in [-0.25, -0.2) is 9.18 Å². The van der Waals surface area contributed by atoms with E-state index in [9.17, 15) is 9.18 Å². The molecule has 0 radical (unpaired) electrons. The number of benzene rings is 1. The van der Waals surface area contributed by atoms with Crippen molar-refractivity contribution in [1.82, 2.24) is 0 Å². The monoisotopic (exact) mass is 253 g/mol. The van der Waals surface area contributed by atoms with Gasteiger partial charge < -0.3 is 10.1 Å². The van der Waals surface area contributed by atoms with Crippen LogP contribution in [0.1, 0.15) is 6.92 Å². The third kappa shape index (κ3) is 3.00. The number of thioether (sulfide) groups is 1. The van der Waals surface area contributed by atoms with Crippen molar-refractivity contribution in [3.8, 4) is 0 Å². The minimum atomic E-state index is -0.360. The van der Waals surface area contributed by atoms with Crippen LogP contribution >= 0.6 is 11.8 Å². The molecule has 0 aromatic heterocycles. The summed E-state index contributed by atoms with van der Waals surface area (Å²) in [6, 6.07) is 4.53. The van der Waals surface area contributed by atoms with Gasteiger partial charge in [-0.3, -0.25) is 0 Å². The smallest absolute Gasteiger partial charge is 0.332 e. The minimum absolute atomic E-state index is 0.254. The van der Waals surface area contributed by atoms with Crippen LogP contribution in [0.2, 0.25) is 0 Å². The maximum absolute atomic E-state index is 13.0. The molecule has 17 heavy (non-hydrogen) atoms. The van der Waals surface area contributed by atoms with Gasteiger partial charge in [-0.1, -0.05) is 0 Å². The molecule has 1 aromatic rings. The fraction of sp³-hybridized carbons (Fsp3) is 0.250. The lowest BCUT2D eigenvalue weighted by Crippen LogP contribution is -2.12. The van der Waals surface area contributed by atoms with E-state index in [0.29, 0.717) is 12.4 Å². The molecule has 1 N–H and O–H groups in total. The highest BCUT2D eigenvalue weighted by molar-refractivity contribution is 7.99. The van der Waals surface area contributed by atoms with Crippen LogP contribution in [-0.4, -0.2) is 18.3 Å². The van der Waals surface area contributed by atoms with E-state index in [1.807, 2.05) is 0 Å². The van der Waals surface area contributed by atoms with Gasteiger partial charge in [-0.2, -0.15) is 0 Å². The first-order valence-electron chi connectivity index (χ1n) is 5.25. The molecule has 1 heterocycles. The summed E-state index contributed by atoms with van der Waals surface area (Å²) < 4.78 is 17.8. The van der Waals surface area contributed by atoms with Crippen molar-refractivity contribution in [3.63, 3.8) is 0 Å². The number of carbonyl (C=O) groups excluding carboxylic acids is 1. The van der Waals surface area contributed by atoms with Crippen LogP contribution < -0.4 is 5.32 Å². The third-order valence-electron chi connectivity index (χ3n) is 2.20. The number of nitrogens with one attached hydrogen (secondary N) is 1. The summed E-state index contributed by atoms with van der Waals surface area (Å²) in [6.07, 6.45) is 1.43. The zero-order valence-corrected chi connectivity index (χ0v) is 10.1. The SMILES string of the molecule is CCOC(=O)/C=C1\CSc2cc(F)ccc2N1. The zero-order chi connectivity index (χ0) is 12.3. The topological polar surface area (TPSA) is 38.3 Å². The summed E-state index contributed by atoms with van der Waals surface area (Å²) in [5, 5.41) is 3.09. The van der Waals surface area contributed by atoms with Crippen LogP contribution in [0.15, 0.2) is 34.9 Å². The normalized spacial score (nSPS) is 16.2. The Labute approximate surface area is 103 Å². The van der Waals surface area contributed by atoms with E-state index in [0.717, 1.165) is 16.3 Å². The Kier molecular flexibility index (Phi) is 3.68. The molecule has 0 saturated heterocycles. The highest BCUT2D eigenvalue weighted by Gasteiger charge is 2.14. The third-order valence-corrected chi connectivity index (χ3v) is 3.30. The maximum atomic E-state index is 13.0. The number of esters is 1. The molecule has 0 saturated carbocycles. The average molecular weight is 253 g/mol. The predicted octanol–water partition coefficient (Wildman–Crippen LogP) is 2.79. The Morgan fingerprint density at radius 1 is 1.65 bits per heavy atom. The molecule has 90 valence electrons. The molecule has 0 aliphatic carbocycles. The quantitative estimate of drug-likeness (QED) is 0.649. The van der Waals surface area contributed by atoms with Gasteiger partial charge in [0.25, 0.3) is 0 Å². The second kappa shape index (κ2) is 5.23. The number of fused-ring (bicyclic) bond motifs is 1. The number of halogens is 1. The molecule has 1 aromatic carbocycles. The Bertz CT molecular complexity index is 474. The summed E-state index contributed by atoms with van der Waals surface area (Å²) in [7, 11) is 0. The lowest BCUT2D eigenvalue weighted by atomic mass is 10.3. The van der Waals surface area contributed by atoms with Gasteiger partial charge in [0, 0.05) is 22.4 Å². The van der Waals surface area contributed by atoms with E-state index >= 15 is 0 Å². The van der Waals surface area contributed by atoms with Gasteiger partial charge in [0.15, 0.2) is 0 Å². The van der Waals surface area contributed by atoms with Crippen LogP contribution in [0.4, 0.5) is 10.1 Å². The first-order valence-corrected chi connectivity index (χ1v) is 6.24. The first-order chi connectivity index (χ1) is 8.19. The predicted molar refractivity (Wildman–Crippen MR) is 65.5 cm³/mol. The number of anilines is 1. The highest BCUT2D eigenvalue weighted by atomic mass is 32.2. The molecule has 0 spiro atoms. The van der Waals surface area contributed by atoms with E-state index < -0.39 is 0 Å². The fourth-order valence-corrected chi connectivity index (χ4v) is 2.42. The van der Waals surface area contributed by atoms with Crippen molar-refractivity contribution in [2.24, 2.45) is 0 Å². The van der Waals surface area contributed by atoms with Crippen LogP contribution in [0.25, 0.3) is 0 Å². The van der Waals surface area contributed by atoms with E-state index in [1.54, 1.807) is 13.0 Å². The number of hydrogen-bond acceptors (Lipinski definition) is 4. The van der Waals surface area contributed by atoms with Crippen molar-refractivity contribution >= 4 is 23.4 Å². The summed E-state index contributed by atoms with van der Waals surface area (Å²) in [6.45, 7) is 2.12. The minimum Gasteiger partial charge on any atom is -0.463 e. The standard InChI is InChI=1S/C12H12FNO2S/c1-2-16-12(15)6-9-7-17-11-5-8(13)3-4-10(11)14-9/h3-6,14H,2,7H2,1H3/b9-6+. The van der Waals surface area contributed by atoms with Crippen LogP contribution in [0.3, 0.4) is 0 Å². The van der Waals surface area contributed by atoms with Gasteiger partial charge in [-0.05, 0) is 25.1 Å². The van der Waals surface area contributed by atoms with Crippen molar-refractivity contribution in [3.05, 3.63) is 35.8 Å². The van der Waals surface area contributed by atoms with Gasteiger partial charge in [-0.15, -0.1) is 11.8 Å². The maximum Gasteiger partial charge on any atom is 0.332 e. The Morgan fingerprint density at radius 3 is 3.24 bits per heavy atom. The summed E-state index contributed by atoms with van der Waals surface area (Å²) in [5.74, 6) is -0.00744. The van der Waals surface area contributed by atoms with E-state index in [1.165, 1.54) is 30.0 Å². The van der Waals surface area contributed by atoms with E-state index in [-0.39, 0.29) is 11.8 Å². The molecule has 5 heteroatoms. The molecule has 1 aliphatic heterocycles. The van der Waals surface area contributed by atoms with Crippen molar-refractivity contribution in [2.45, 2.75) is 11.8 Å². The molecule has 3 nitrogen and oxygen atoms in total. The summed E-state index contributed by atoms with van der Waals surface area (Å²) >= 11 is 1.49. The molecule has 0 atom stereocenters. The molecular formula is C12H12FNO2S. The number of hydrogen-bond donors (Lipinski definition) is 1. The van der Waals surface area contributed by atoms with Gasteiger partial charge in [0.05, 0.1) is 12.3 Å². The molecule has 0 fully saturated rings. The van der Waals surface area contributed by atoms with Gasteiger partial charge in [0.2, 0.25) is 0 Å². The molecule has 0 bridgehead atoms. The Balaban J connectivity index is 2.13. The van der Waals surface area contributed by atoms with Crippen LogP contribution in [0, 0.1) is 5.82 Å². The first kappa shape index (κ1) is 12.0. The van der Waals surface area contributed by atoms with Crippen LogP contribution in [0.5, 0.6) is 0 Å². The fourth-order valence-electron chi connectivity index (χ4n) is 1.49. The van der Waals surface area contributed by atoms with Gasteiger partial charge >= 0.3 is 5.97 Å². The lowest BCUT2D eigenvalue weighted by Gasteiger charge is -2.19. The summed E-state index contributed by atoms with van der Waals surface area (Å²) in [4.78, 5) is 12.1. The van der Waals surface area contributed by atoms with Crippen molar-refractivity contribution < 1.29 is 13.9 Å². The van der Waals surface area contributed by atoms with Crippen LogP contribution in [-0.2, 0) is 9.53 Å². The average Bonchev–Trinajstić information content (AvgIpc) is 2.29. The number of ether oxygens (including phenoxy) is 1. The summed E-state index contributed by atoms with van der Waals surface area (Å²) in [5.41, 5.74) is 1.59.